The third-order valence-electron chi connectivity index (χ3n) is 2.20. The van der Waals surface area contributed by atoms with Crippen LogP contribution in [0.5, 0.6) is 5.75 Å². The lowest BCUT2D eigenvalue weighted by molar-refractivity contribution is -0.116. The largest absolute Gasteiger partial charge is 0.508 e. The Morgan fingerprint density at radius 3 is 2.69 bits per heavy atom. The number of hydrogen-bond donors (Lipinski definition) is 2. The topological polar surface area (TPSA) is 49.3 Å². The molecule has 0 aliphatic carbocycles. The van der Waals surface area contributed by atoms with Crippen molar-refractivity contribution in [2.45, 2.75) is 19.8 Å². The van der Waals surface area contributed by atoms with Crippen LogP contribution >= 0.6 is 0 Å². The number of phenols is 1. The predicted molar refractivity (Wildman–Crippen MR) is 64.3 cm³/mol. The fourth-order valence-corrected chi connectivity index (χ4v) is 1.38. The molecule has 3 nitrogen and oxygen atoms in total. The Labute approximate surface area is 95.8 Å². The summed E-state index contributed by atoms with van der Waals surface area (Å²) in [4.78, 5) is 11.1. The van der Waals surface area contributed by atoms with Crippen molar-refractivity contribution in [2.24, 2.45) is 0 Å². The molecule has 0 aromatic heterocycles. The van der Waals surface area contributed by atoms with E-state index >= 15 is 0 Å². The van der Waals surface area contributed by atoms with Crippen LogP contribution in [-0.2, 0) is 11.2 Å². The van der Waals surface area contributed by atoms with Crippen molar-refractivity contribution in [3.05, 3.63) is 42.0 Å². The number of rotatable bonds is 5. The van der Waals surface area contributed by atoms with E-state index in [-0.39, 0.29) is 11.7 Å². The smallest absolute Gasteiger partial charge is 0.243 e. The van der Waals surface area contributed by atoms with Crippen LogP contribution in [-0.4, -0.2) is 17.6 Å². The number of phenolic OH excluding ortho intramolecular Hbond substituents is 1. The molecule has 0 heterocycles. The maximum absolute atomic E-state index is 11.1. The van der Waals surface area contributed by atoms with Gasteiger partial charge in [-0.15, -0.1) is 0 Å². The van der Waals surface area contributed by atoms with Crippen molar-refractivity contribution >= 4 is 5.91 Å². The zero-order valence-electron chi connectivity index (χ0n) is 9.44. The average molecular weight is 219 g/mol. The fraction of sp³-hybridized carbons (Fsp3) is 0.308. The Bertz CT molecular complexity index is 355. The first-order valence-electron chi connectivity index (χ1n) is 5.41. The molecule has 0 unspecified atom stereocenters. The molecule has 1 aromatic carbocycles. The lowest BCUT2D eigenvalue weighted by Crippen LogP contribution is -2.22. The second-order valence-corrected chi connectivity index (χ2v) is 3.56. The lowest BCUT2D eigenvalue weighted by Gasteiger charge is -2.03. The molecule has 1 amide bonds. The van der Waals surface area contributed by atoms with Gasteiger partial charge in [0.2, 0.25) is 5.91 Å². The van der Waals surface area contributed by atoms with E-state index in [1.54, 1.807) is 18.2 Å². The third-order valence-corrected chi connectivity index (χ3v) is 2.20. The Morgan fingerprint density at radius 2 is 2.06 bits per heavy atom. The lowest BCUT2D eigenvalue weighted by atomic mass is 10.1. The molecule has 0 saturated carbocycles. The van der Waals surface area contributed by atoms with Crippen molar-refractivity contribution < 1.29 is 9.90 Å². The molecule has 0 radical (unpaired) electrons. The molecule has 0 aliphatic rings. The number of carbonyl (C=O) groups excluding carboxylic acids is 1. The molecule has 2 N–H and O–H groups in total. The highest BCUT2D eigenvalue weighted by atomic mass is 16.3. The van der Waals surface area contributed by atoms with E-state index < -0.39 is 0 Å². The highest BCUT2D eigenvalue weighted by Crippen LogP contribution is 2.10. The van der Waals surface area contributed by atoms with E-state index in [0.29, 0.717) is 6.54 Å². The summed E-state index contributed by atoms with van der Waals surface area (Å²) in [6.45, 7) is 2.49. The number of aromatic hydroxyl groups is 1. The van der Waals surface area contributed by atoms with E-state index in [9.17, 15) is 4.79 Å². The molecule has 0 saturated heterocycles. The molecular formula is C13H17NO2. The van der Waals surface area contributed by atoms with Gasteiger partial charge in [-0.1, -0.05) is 18.2 Å². The summed E-state index contributed by atoms with van der Waals surface area (Å²) in [7, 11) is 0. The zero-order valence-corrected chi connectivity index (χ0v) is 9.44. The molecule has 16 heavy (non-hydrogen) atoms. The van der Waals surface area contributed by atoms with Crippen LogP contribution < -0.4 is 5.32 Å². The van der Waals surface area contributed by atoms with Crippen LogP contribution in [0, 0.1) is 0 Å². The molecule has 1 rings (SSSR count). The second-order valence-electron chi connectivity index (χ2n) is 3.56. The van der Waals surface area contributed by atoms with Crippen molar-refractivity contribution in [3.8, 4) is 5.75 Å². The Balaban J connectivity index is 2.21. The summed E-state index contributed by atoms with van der Waals surface area (Å²) < 4.78 is 0. The number of nitrogens with one attached hydrogen (secondary N) is 1. The summed E-state index contributed by atoms with van der Waals surface area (Å²) in [6.07, 6.45) is 5.03. The molecule has 0 fully saturated rings. The Kier molecular flexibility index (Phi) is 5.12. The molecule has 0 aliphatic heterocycles. The normalized spacial score (nSPS) is 10.6. The van der Waals surface area contributed by atoms with E-state index in [4.69, 9.17) is 5.11 Å². The molecule has 3 heteroatoms. The molecule has 1 aromatic rings. The number of carbonyl (C=O) groups is 1. The van der Waals surface area contributed by atoms with Gasteiger partial charge in [0.15, 0.2) is 0 Å². The van der Waals surface area contributed by atoms with E-state index in [0.717, 1.165) is 18.4 Å². The standard InChI is InChI=1S/C13H17NO2/c1-2-4-13(16)14-10-3-5-11-6-8-12(15)9-7-11/h2,4,6-9,15H,3,5,10H2,1H3,(H,14,16). The van der Waals surface area contributed by atoms with Crippen LogP contribution in [0.15, 0.2) is 36.4 Å². The van der Waals surface area contributed by atoms with Crippen molar-refractivity contribution in [3.63, 3.8) is 0 Å². The van der Waals surface area contributed by atoms with Gasteiger partial charge in [-0.3, -0.25) is 4.79 Å². The van der Waals surface area contributed by atoms with Gasteiger partial charge in [0, 0.05) is 6.54 Å². The molecule has 0 spiro atoms. The van der Waals surface area contributed by atoms with Crippen molar-refractivity contribution in [1.82, 2.24) is 5.32 Å². The summed E-state index contributed by atoms with van der Waals surface area (Å²) in [5.74, 6) is 0.235. The third kappa shape index (κ3) is 4.64. The first-order valence-corrected chi connectivity index (χ1v) is 5.41. The molecule has 86 valence electrons. The summed E-state index contributed by atoms with van der Waals surface area (Å²) in [6, 6.07) is 7.13. The Hall–Kier alpha value is -1.77. The van der Waals surface area contributed by atoms with Gasteiger partial charge in [-0.05, 0) is 43.5 Å². The van der Waals surface area contributed by atoms with E-state index in [1.807, 2.05) is 19.1 Å². The average Bonchev–Trinajstić information content (AvgIpc) is 2.27. The highest BCUT2D eigenvalue weighted by molar-refractivity contribution is 5.87. The van der Waals surface area contributed by atoms with Crippen LogP contribution in [0.4, 0.5) is 0 Å². The summed E-state index contributed by atoms with van der Waals surface area (Å²) in [5, 5.41) is 11.9. The first-order chi connectivity index (χ1) is 7.72. The van der Waals surface area contributed by atoms with Gasteiger partial charge < -0.3 is 10.4 Å². The molecular weight excluding hydrogens is 202 g/mol. The SMILES string of the molecule is CC=CC(=O)NCCCc1ccc(O)cc1. The minimum absolute atomic E-state index is 0.0480. The van der Waals surface area contributed by atoms with Gasteiger partial charge in [-0.2, -0.15) is 0 Å². The first kappa shape index (κ1) is 12.3. The maximum atomic E-state index is 11.1. The number of allylic oxidation sites excluding steroid dienone is 1. The van der Waals surface area contributed by atoms with Gasteiger partial charge in [0.1, 0.15) is 5.75 Å². The number of hydrogen-bond acceptors (Lipinski definition) is 2. The monoisotopic (exact) mass is 219 g/mol. The number of amides is 1. The van der Waals surface area contributed by atoms with Crippen LogP contribution in [0.3, 0.4) is 0 Å². The molecule has 0 bridgehead atoms. The number of benzene rings is 1. The minimum atomic E-state index is -0.0480. The zero-order chi connectivity index (χ0) is 11.8. The van der Waals surface area contributed by atoms with Gasteiger partial charge in [-0.25, -0.2) is 0 Å². The summed E-state index contributed by atoms with van der Waals surface area (Å²) >= 11 is 0. The number of aryl methyl sites for hydroxylation is 1. The van der Waals surface area contributed by atoms with Gasteiger partial charge in [0.25, 0.3) is 0 Å². The summed E-state index contributed by atoms with van der Waals surface area (Å²) in [5.41, 5.74) is 1.16. The highest BCUT2D eigenvalue weighted by Gasteiger charge is 1.96. The van der Waals surface area contributed by atoms with Crippen molar-refractivity contribution in [1.29, 1.82) is 0 Å². The van der Waals surface area contributed by atoms with Gasteiger partial charge in [0.05, 0.1) is 0 Å². The van der Waals surface area contributed by atoms with Crippen LogP contribution in [0.2, 0.25) is 0 Å². The fourth-order valence-electron chi connectivity index (χ4n) is 1.38. The van der Waals surface area contributed by atoms with Crippen LogP contribution in [0.25, 0.3) is 0 Å². The predicted octanol–water partition coefficient (Wildman–Crippen LogP) is 2.02. The maximum Gasteiger partial charge on any atom is 0.243 e. The van der Waals surface area contributed by atoms with Gasteiger partial charge >= 0.3 is 0 Å². The minimum Gasteiger partial charge on any atom is -0.508 e. The van der Waals surface area contributed by atoms with Crippen molar-refractivity contribution in [2.75, 3.05) is 6.54 Å². The second kappa shape index (κ2) is 6.67. The molecule has 0 atom stereocenters. The van der Waals surface area contributed by atoms with E-state index in [1.165, 1.54) is 6.08 Å². The van der Waals surface area contributed by atoms with Crippen LogP contribution in [0.1, 0.15) is 18.9 Å². The Morgan fingerprint density at radius 1 is 1.38 bits per heavy atom. The van der Waals surface area contributed by atoms with E-state index in [2.05, 4.69) is 5.32 Å². The quantitative estimate of drug-likeness (QED) is 0.588.